The van der Waals surface area contributed by atoms with Crippen LogP contribution in [0.1, 0.15) is 51.9 Å². The van der Waals surface area contributed by atoms with Gasteiger partial charge >= 0.3 is 0 Å². The van der Waals surface area contributed by atoms with E-state index >= 15 is 0 Å². The highest BCUT2D eigenvalue weighted by Crippen LogP contribution is 2.27. The van der Waals surface area contributed by atoms with E-state index in [9.17, 15) is 4.79 Å². The summed E-state index contributed by atoms with van der Waals surface area (Å²) in [6.45, 7) is 8.05. The number of nitrogens with one attached hydrogen (secondary N) is 6. The molecule has 1 aliphatic carbocycles. The molecule has 8 unspecified atom stereocenters. The molecule has 4 fully saturated rings. The predicted octanol–water partition coefficient (Wildman–Crippen LogP) is 0.795. The van der Waals surface area contributed by atoms with Gasteiger partial charge in [-0.2, -0.15) is 0 Å². The third kappa shape index (κ3) is 6.60. The van der Waals surface area contributed by atoms with Crippen LogP contribution in [0.5, 0.6) is 0 Å². The number of alkyl halides is 1. The van der Waals surface area contributed by atoms with Crippen molar-refractivity contribution in [1.29, 1.82) is 0 Å². The minimum Gasteiger partial charge on any atom is -0.356 e. The summed E-state index contributed by atoms with van der Waals surface area (Å²) in [5, 5.41) is 14.1. The van der Waals surface area contributed by atoms with Gasteiger partial charge in [0, 0.05) is 37.5 Å². The zero-order valence-electron chi connectivity index (χ0n) is 20.5. The number of amides is 1. The third-order valence-electron chi connectivity index (χ3n) is 8.66. The van der Waals surface area contributed by atoms with Gasteiger partial charge in [-0.1, -0.05) is 19.8 Å². The van der Waals surface area contributed by atoms with E-state index in [4.69, 9.17) is 11.6 Å². The molecule has 3 heterocycles. The van der Waals surface area contributed by atoms with Crippen LogP contribution in [0.25, 0.3) is 0 Å². The van der Waals surface area contributed by atoms with E-state index in [0.29, 0.717) is 23.8 Å². The Kier molecular flexibility index (Phi) is 9.68. The molecule has 1 amide bonds. The SMILES string of the molecule is CCC1CNCCC1CNC(=O)C1CCCC(NCC2NNC(C3CCNCC3Cl)N2C)C1. The van der Waals surface area contributed by atoms with Crippen LogP contribution in [0.4, 0.5) is 0 Å². The summed E-state index contributed by atoms with van der Waals surface area (Å²) >= 11 is 6.60. The van der Waals surface area contributed by atoms with Crippen molar-refractivity contribution in [3.8, 4) is 0 Å². The number of halogens is 1. The molecule has 0 radical (unpaired) electrons. The lowest BCUT2D eigenvalue weighted by Crippen LogP contribution is -2.52. The summed E-state index contributed by atoms with van der Waals surface area (Å²) in [7, 11) is 2.18. The van der Waals surface area contributed by atoms with Crippen molar-refractivity contribution in [3.05, 3.63) is 0 Å². The van der Waals surface area contributed by atoms with Crippen molar-refractivity contribution in [2.75, 3.05) is 46.3 Å². The minimum atomic E-state index is 0.143. The van der Waals surface area contributed by atoms with Crippen LogP contribution < -0.4 is 32.1 Å². The highest BCUT2D eigenvalue weighted by atomic mass is 35.5. The largest absolute Gasteiger partial charge is 0.356 e. The van der Waals surface area contributed by atoms with Crippen LogP contribution in [0.3, 0.4) is 0 Å². The number of hydrogen-bond acceptors (Lipinski definition) is 7. The molecule has 0 spiro atoms. The quantitative estimate of drug-likeness (QED) is 0.284. The van der Waals surface area contributed by atoms with E-state index < -0.39 is 0 Å². The monoisotopic (exact) mass is 483 g/mol. The highest BCUT2D eigenvalue weighted by molar-refractivity contribution is 6.21. The molecule has 0 aromatic heterocycles. The van der Waals surface area contributed by atoms with Crippen molar-refractivity contribution in [2.45, 2.75) is 75.6 Å². The minimum absolute atomic E-state index is 0.143. The Balaban J connectivity index is 1.19. The van der Waals surface area contributed by atoms with Gasteiger partial charge in [0.2, 0.25) is 5.91 Å². The van der Waals surface area contributed by atoms with E-state index in [1.165, 1.54) is 12.8 Å². The molecule has 9 heteroatoms. The van der Waals surface area contributed by atoms with Crippen molar-refractivity contribution < 1.29 is 4.79 Å². The Morgan fingerprint density at radius 3 is 2.67 bits per heavy atom. The first kappa shape index (κ1) is 25.6. The smallest absolute Gasteiger partial charge is 0.223 e. The van der Waals surface area contributed by atoms with Gasteiger partial charge in [0.1, 0.15) is 0 Å². The van der Waals surface area contributed by atoms with Gasteiger partial charge in [-0.15, -0.1) is 11.6 Å². The van der Waals surface area contributed by atoms with E-state index in [2.05, 4.69) is 51.0 Å². The molecule has 190 valence electrons. The Bertz CT molecular complexity index is 626. The summed E-state index contributed by atoms with van der Waals surface area (Å²) in [5.74, 6) is 2.16. The summed E-state index contributed by atoms with van der Waals surface area (Å²) in [6, 6.07) is 0.408. The molecular weight excluding hydrogens is 438 g/mol. The Hall–Kier alpha value is -0.480. The first-order valence-corrected chi connectivity index (χ1v) is 13.8. The van der Waals surface area contributed by atoms with Crippen LogP contribution in [0.2, 0.25) is 0 Å². The van der Waals surface area contributed by atoms with Crippen molar-refractivity contribution in [3.63, 3.8) is 0 Å². The molecule has 1 saturated carbocycles. The summed E-state index contributed by atoms with van der Waals surface area (Å²) in [6.07, 6.45) is 8.18. The fourth-order valence-electron chi connectivity index (χ4n) is 6.37. The van der Waals surface area contributed by atoms with Crippen LogP contribution >= 0.6 is 11.6 Å². The topological polar surface area (TPSA) is 92.5 Å². The number of carbonyl (C=O) groups excluding carboxylic acids is 1. The third-order valence-corrected chi connectivity index (χ3v) is 9.14. The average molecular weight is 484 g/mol. The van der Waals surface area contributed by atoms with Crippen molar-refractivity contribution in [2.24, 2.45) is 23.7 Å². The van der Waals surface area contributed by atoms with Crippen LogP contribution in [-0.2, 0) is 4.79 Å². The van der Waals surface area contributed by atoms with Gasteiger partial charge in [-0.05, 0) is 70.6 Å². The van der Waals surface area contributed by atoms with Crippen LogP contribution in [-0.4, -0.2) is 80.9 Å². The molecular formula is C24H46ClN7O. The predicted molar refractivity (Wildman–Crippen MR) is 134 cm³/mol. The second kappa shape index (κ2) is 12.5. The zero-order valence-corrected chi connectivity index (χ0v) is 21.3. The number of rotatable bonds is 8. The zero-order chi connectivity index (χ0) is 23.2. The van der Waals surface area contributed by atoms with E-state index in [1.807, 2.05) is 0 Å². The maximum Gasteiger partial charge on any atom is 0.223 e. The molecule has 3 aliphatic heterocycles. The molecule has 6 N–H and O–H groups in total. The second-order valence-electron chi connectivity index (χ2n) is 10.7. The fraction of sp³-hybridized carbons (Fsp3) is 0.958. The van der Waals surface area contributed by atoms with Crippen LogP contribution in [0, 0.1) is 23.7 Å². The fourth-order valence-corrected chi connectivity index (χ4v) is 6.74. The lowest BCUT2D eigenvalue weighted by molar-refractivity contribution is -0.126. The number of hydrazine groups is 1. The highest BCUT2D eigenvalue weighted by Gasteiger charge is 2.39. The van der Waals surface area contributed by atoms with Crippen molar-refractivity contribution in [1.82, 2.24) is 37.0 Å². The van der Waals surface area contributed by atoms with Gasteiger partial charge in [0.05, 0.1) is 17.7 Å². The van der Waals surface area contributed by atoms with E-state index in [1.54, 1.807) is 0 Å². The van der Waals surface area contributed by atoms with Gasteiger partial charge in [-0.3, -0.25) is 9.69 Å². The van der Waals surface area contributed by atoms with Gasteiger partial charge in [-0.25, -0.2) is 10.9 Å². The first-order chi connectivity index (χ1) is 16.1. The van der Waals surface area contributed by atoms with Gasteiger partial charge in [0.25, 0.3) is 0 Å². The summed E-state index contributed by atoms with van der Waals surface area (Å²) in [5.41, 5.74) is 6.95. The second-order valence-corrected chi connectivity index (χ2v) is 11.3. The molecule has 4 aliphatic rings. The summed E-state index contributed by atoms with van der Waals surface area (Å²) in [4.78, 5) is 15.3. The molecule has 0 bridgehead atoms. The molecule has 8 nitrogen and oxygen atoms in total. The van der Waals surface area contributed by atoms with E-state index in [-0.39, 0.29) is 29.5 Å². The molecule has 8 atom stereocenters. The Morgan fingerprint density at radius 1 is 1.03 bits per heavy atom. The van der Waals surface area contributed by atoms with Gasteiger partial charge in [0.15, 0.2) is 0 Å². The normalized spacial score (nSPS) is 40.6. The van der Waals surface area contributed by atoms with Gasteiger partial charge < -0.3 is 21.3 Å². The maximum absolute atomic E-state index is 12.9. The number of nitrogens with zero attached hydrogens (tertiary/aromatic N) is 1. The maximum atomic E-state index is 12.9. The average Bonchev–Trinajstić information content (AvgIpc) is 3.21. The summed E-state index contributed by atoms with van der Waals surface area (Å²) < 4.78 is 0. The standard InChI is InChI=1S/C24H46ClN7O/c1-3-16-12-26-9-7-18(16)13-29-24(33)17-5-4-6-19(11-17)28-15-22-30-31-23(32(22)2)20-8-10-27-14-21(20)25/h16-23,26-28,30-31H,3-15H2,1-2H3,(H,29,33). The Morgan fingerprint density at radius 2 is 1.85 bits per heavy atom. The molecule has 3 saturated heterocycles. The number of piperidine rings is 2. The number of hydrogen-bond donors (Lipinski definition) is 6. The molecule has 0 aromatic carbocycles. The van der Waals surface area contributed by atoms with E-state index in [0.717, 1.165) is 71.4 Å². The Labute approximate surface area is 205 Å². The number of likely N-dealkylation sites (N-methyl/N-ethyl adjacent to an activating group) is 1. The lowest BCUT2D eigenvalue weighted by Gasteiger charge is -2.36. The van der Waals surface area contributed by atoms with Crippen LogP contribution in [0.15, 0.2) is 0 Å². The lowest BCUT2D eigenvalue weighted by atomic mass is 9.83. The molecule has 33 heavy (non-hydrogen) atoms. The molecule has 0 aromatic rings. The molecule has 4 rings (SSSR count). The number of carbonyl (C=O) groups is 1. The first-order valence-electron chi connectivity index (χ1n) is 13.4. The van der Waals surface area contributed by atoms with Crippen molar-refractivity contribution >= 4 is 17.5 Å².